The molecular weight excluding hydrogens is 1160 g/mol. The third-order valence-electron chi connectivity index (χ3n) is 18.0. The molecule has 3 aromatic carbocycles. The zero-order valence-corrected chi connectivity index (χ0v) is 54.4. The molecule has 15 heteroatoms. The Morgan fingerprint density at radius 2 is 0.828 bits per heavy atom. The highest BCUT2D eigenvalue weighted by molar-refractivity contribution is 6.21. The number of allylic oxidation sites excluding steroid dienone is 2. The van der Waals surface area contributed by atoms with Gasteiger partial charge in [0.05, 0.1) is 36.6 Å². The van der Waals surface area contributed by atoms with Crippen molar-refractivity contribution in [2.75, 3.05) is 0 Å². The molecule has 87 heavy (non-hydrogen) atoms. The summed E-state index contributed by atoms with van der Waals surface area (Å²) in [4.78, 5) is 31.7. The highest BCUT2D eigenvalue weighted by Gasteiger charge is 2.44. The summed E-state index contributed by atoms with van der Waals surface area (Å²) in [5.41, 5.74) is 5.97. The predicted molar refractivity (Wildman–Crippen MR) is 351 cm³/mol. The van der Waals surface area contributed by atoms with Crippen LogP contribution in [0.25, 0.3) is 0 Å². The van der Waals surface area contributed by atoms with Gasteiger partial charge in [0.1, 0.15) is 0 Å². The van der Waals surface area contributed by atoms with Gasteiger partial charge in [0.15, 0.2) is 0 Å². The molecule has 0 aliphatic heterocycles. The zero-order valence-electron chi connectivity index (χ0n) is 52.1. The number of aliphatic hydroxyl groups excluding tert-OH is 6. The number of carboxylic acids is 3. The van der Waals surface area contributed by atoms with E-state index in [2.05, 4.69) is 38.7 Å². The molecule has 3 saturated carbocycles. The van der Waals surface area contributed by atoms with Crippen LogP contribution >= 0.6 is 34.8 Å². The van der Waals surface area contributed by atoms with Crippen molar-refractivity contribution in [3.8, 4) is 11.8 Å². The standard InChI is InChI=1S/C24H37ClO4.C24H35ClO4.C24H33ClO4/c3*1-2-3-6-10-21(26)17-12-14-18(15-13-17)24-19(20(25)16-22(24)27)9-7-4-5-8-11-23(28)29/h12-15,19-22,24,26-27H,2-11,16H2,1H3,(H,28,29);4,7,12-15,19-22,24,26-27H,2-3,5-6,8-11,16H2,1H3,(H,28,29);12-15,19-22,24,26-27H,2-3,5-6,8-11,16H2,1H3,(H,28,29)/b;7-4-;/t3*19?,20-,21?,22-,24?/m111/s1. The zero-order chi connectivity index (χ0) is 63.7. The number of hydrogen-bond donors (Lipinski definition) is 9. The fourth-order valence-corrected chi connectivity index (χ4v) is 14.3. The molecule has 486 valence electrons. The van der Waals surface area contributed by atoms with Gasteiger partial charge in [-0.1, -0.05) is 183 Å². The lowest BCUT2D eigenvalue weighted by atomic mass is 9.83. The molecule has 15 atom stereocenters. The molecular formula is C72H105Cl3O12. The normalized spacial score (nSPS) is 25.1. The van der Waals surface area contributed by atoms with E-state index in [0.29, 0.717) is 44.9 Å². The number of rotatable bonds is 35. The average molecular weight is 1270 g/mol. The fraction of sp³-hybridized carbons (Fsp3) is 0.653. The Morgan fingerprint density at radius 3 is 1.25 bits per heavy atom. The van der Waals surface area contributed by atoms with E-state index < -0.39 is 54.5 Å². The van der Waals surface area contributed by atoms with Gasteiger partial charge in [-0.15, -0.1) is 46.6 Å². The van der Waals surface area contributed by atoms with Gasteiger partial charge >= 0.3 is 17.9 Å². The lowest BCUT2D eigenvalue weighted by molar-refractivity contribution is -0.138. The van der Waals surface area contributed by atoms with E-state index in [4.69, 9.17) is 50.1 Å². The van der Waals surface area contributed by atoms with Crippen molar-refractivity contribution in [1.82, 2.24) is 0 Å². The van der Waals surface area contributed by atoms with E-state index >= 15 is 0 Å². The van der Waals surface area contributed by atoms with E-state index in [1.165, 1.54) is 0 Å². The smallest absolute Gasteiger partial charge is 0.303 e. The SMILES string of the molecule is CCCCCC(O)c1ccc(C2C(C/C=C\CCCC(=O)O)[C@H](Cl)C[C@H]2O)cc1.CCCCCC(O)c1ccc(C2C(CC#CCCCC(=O)O)[C@H](Cl)C[C@H]2O)cc1.CCCCCC(O)c1ccc(C2C(CCCCCCC(=O)O)[C@H](Cl)C[C@H]2O)cc1. The number of benzene rings is 3. The topological polar surface area (TPSA) is 233 Å². The summed E-state index contributed by atoms with van der Waals surface area (Å²) in [6.45, 7) is 6.46. The molecule has 0 amide bonds. The molecule has 0 spiro atoms. The minimum atomic E-state index is -0.800. The Labute approximate surface area is 535 Å². The summed E-state index contributed by atoms with van der Waals surface area (Å²) in [6, 6.07) is 23.9. The third kappa shape index (κ3) is 26.8. The highest BCUT2D eigenvalue weighted by atomic mass is 35.5. The van der Waals surface area contributed by atoms with Crippen LogP contribution in [0.1, 0.15) is 276 Å². The van der Waals surface area contributed by atoms with Crippen LogP contribution < -0.4 is 0 Å². The molecule has 0 saturated heterocycles. The number of unbranched alkanes of at least 4 members (excludes halogenated alkanes) is 11. The molecule has 3 aromatic rings. The lowest BCUT2D eigenvalue weighted by Crippen LogP contribution is -2.19. The van der Waals surface area contributed by atoms with Crippen LogP contribution in [-0.4, -0.2) is 98.3 Å². The molecule has 0 aromatic heterocycles. The second-order valence-electron chi connectivity index (χ2n) is 24.7. The minimum absolute atomic E-state index is 0.0209. The molecule has 3 fully saturated rings. The Morgan fingerprint density at radius 1 is 0.460 bits per heavy atom. The maximum absolute atomic E-state index is 10.6. The lowest BCUT2D eigenvalue weighted by Gasteiger charge is -2.24. The molecule has 9 N–H and O–H groups in total. The minimum Gasteiger partial charge on any atom is -0.481 e. The maximum Gasteiger partial charge on any atom is 0.303 e. The number of carboxylic acid groups (broad SMARTS) is 3. The maximum atomic E-state index is 10.6. The number of aliphatic carboxylic acids is 3. The molecule has 0 radical (unpaired) electrons. The van der Waals surface area contributed by atoms with Gasteiger partial charge < -0.3 is 46.0 Å². The third-order valence-corrected chi connectivity index (χ3v) is 19.5. The van der Waals surface area contributed by atoms with Crippen molar-refractivity contribution in [3.63, 3.8) is 0 Å². The molecule has 6 rings (SSSR count). The first kappa shape index (κ1) is 75.5. The highest BCUT2D eigenvalue weighted by Crippen LogP contribution is 2.48. The molecule has 0 heterocycles. The van der Waals surface area contributed by atoms with E-state index in [9.17, 15) is 45.0 Å². The number of halogens is 3. The first-order chi connectivity index (χ1) is 41.8. The van der Waals surface area contributed by atoms with Gasteiger partial charge in [0, 0.05) is 66.0 Å². The van der Waals surface area contributed by atoms with Gasteiger partial charge in [0.2, 0.25) is 0 Å². The van der Waals surface area contributed by atoms with Crippen LogP contribution in [0.5, 0.6) is 0 Å². The van der Waals surface area contributed by atoms with Gasteiger partial charge in [-0.2, -0.15) is 0 Å². The number of alkyl halides is 3. The van der Waals surface area contributed by atoms with E-state index in [1.54, 1.807) is 0 Å². The summed E-state index contributed by atoms with van der Waals surface area (Å²) in [5.74, 6) is 4.23. The first-order valence-electron chi connectivity index (χ1n) is 32.9. The second kappa shape index (κ2) is 42.1. The van der Waals surface area contributed by atoms with Crippen molar-refractivity contribution in [3.05, 3.63) is 118 Å². The Hall–Kier alpha value is -4.00. The van der Waals surface area contributed by atoms with Gasteiger partial charge in [0.25, 0.3) is 0 Å². The van der Waals surface area contributed by atoms with Gasteiger partial charge in [-0.05, 0) is 128 Å². The summed E-state index contributed by atoms with van der Waals surface area (Å²) in [6.07, 6.45) is 24.3. The van der Waals surface area contributed by atoms with Crippen molar-refractivity contribution >= 4 is 52.7 Å². The predicted octanol–water partition coefficient (Wildman–Crippen LogP) is 16.4. The van der Waals surface area contributed by atoms with Crippen molar-refractivity contribution < 1.29 is 60.3 Å². The molecule has 12 nitrogen and oxygen atoms in total. The monoisotopic (exact) mass is 1270 g/mol. The largest absolute Gasteiger partial charge is 0.481 e. The number of aliphatic hydroxyl groups is 6. The van der Waals surface area contributed by atoms with Crippen LogP contribution in [0, 0.1) is 29.6 Å². The van der Waals surface area contributed by atoms with E-state index in [0.717, 1.165) is 155 Å². The van der Waals surface area contributed by atoms with Gasteiger partial charge in [-0.3, -0.25) is 14.4 Å². The van der Waals surface area contributed by atoms with Crippen molar-refractivity contribution in [2.45, 2.75) is 277 Å². The van der Waals surface area contributed by atoms with E-state index in [1.807, 2.05) is 78.9 Å². The number of carbonyl (C=O) groups is 3. The second-order valence-corrected chi connectivity index (χ2v) is 26.4. The van der Waals surface area contributed by atoms with Crippen LogP contribution in [0.2, 0.25) is 0 Å². The fourth-order valence-electron chi connectivity index (χ4n) is 12.9. The molecule has 3 aliphatic carbocycles. The molecule has 0 bridgehead atoms. The van der Waals surface area contributed by atoms with Gasteiger partial charge in [-0.25, -0.2) is 0 Å². The molecule has 9 unspecified atom stereocenters. The van der Waals surface area contributed by atoms with E-state index in [-0.39, 0.29) is 70.9 Å². The summed E-state index contributed by atoms with van der Waals surface area (Å²) >= 11 is 19.6. The summed E-state index contributed by atoms with van der Waals surface area (Å²) in [5, 5.41) is 88.6. The van der Waals surface area contributed by atoms with Crippen LogP contribution in [-0.2, 0) is 14.4 Å². The Balaban J connectivity index is 0.000000279. The van der Waals surface area contributed by atoms with Crippen LogP contribution in [0.3, 0.4) is 0 Å². The Kier molecular flexibility index (Phi) is 36.5. The summed E-state index contributed by atoms with van der Waals surface area (Å²) < 4.78 is 0. The van der Waals surface area contributed by atoms with Crippen molar-refractivity contribution in [2.24, 2.45) is 17.8 Å². The quantitative estimate of drug-likeness (QED) is 0.0116. The van der Waals surface area contributed by atoms with Crippen molar-refractivity contribution in [1.29, 1.82) is 0 Å². The van der Waals surface area contributed by atoms with Crippen LogP contribution in [0.15, 0.2) is 84.9 Å². The first-order valence-corrected chi connectivity index (χ1v) is 34.2. The van der Waals surface area contributed by atoms with Crippen LogP contribution in [0.4, 0.5) is 0 Å². The number of hydrogen-bond acceptors (Lipinski definition) is 9. The Bertz CT molecular complexity index is 2480. The average Bonchev–Trinajstić information content (AvgIpc) is 2.47. The summed E-state index contributed by atoms with van der Waals surface area (Å²) in [7, 11) is 0. The molecule has 3 aliphatic rings.